The molecule has 1 heterocycles. The number of benzene rings is 8. The van der Waals surface area contributed by atoms with Gasteiger partial charge in [0.2, 0.25) is 0 Å². The Hall–Kier alpha value is -5.92. The molecule has 8 aromatic carbocycles. The average Bonchev–Trinajstić information content (AvgIpc) is 3.64. The number of hydrogen-bond acceptors (Lipinski definition) is 1. The molecule has 2 aliphatic carbocycles. The molecule has 46 heavy (non-hydrogen) atoms. The van der Waals surface area contributed by atoms with Gasteiger partial charge in [0.1, 0.15) is 11.2 Å². The summed E-state index contributed by atoms with van der Waals surface area (Å²) in [6, 6.07) is 58.3. The monoisotopic (exact) mass is 582 g/mol. The van der Waals surface area contributed by atoms with Crippen molar-refractivity contribution >= 4 is 43.5 Å². The van der Waals surface area contributed by atoms with Crippen LogP contribution < -0.4 is 0 Å². The van der Waals surface area contributed by atoms with Crippen LogP contribution in [0.2, 0.25) is 0 Å². The molecule has 0 N–H and O–H groups in total. The van der Waals surface area contributed by atoms with Crippen LogP contribution in [0, 0.1) is 0 Å². The number of furan rings is 1. The van der Waals surface area contributed by atoms with Gasteiger partial charge >= 0.3 is 0 Å². The Balaban J connectivity index is 1.25. The topological polar surface area (TPSA) is 13.1 Å². The van der Waals surface area contributed by atoms with E-state index in [1.54, 1.807) is 0 Å². The highest BCUT2D eigenvalue weighted by Crippen LogP contribution is 2.62. The minimum atomic E-state index is -0.390. The highest BCUT2D eigenvalue weighted by Gasteiger charge is 2.49. The molecule has 0 amide bonds. The van der Waals surface area contributed by atoms with E-state index in [-0.39, 0.29) is 0 Å². The molecule has 1 aromatic heterocycles. The Morgan fingerprint density at radius 2 is 0.935 bits per heavy atom. The molecule has 0 saturated carbocycles. The van der Waals surface area contributed by atoms with Crippen LogP contribution in [0.25, 0.3) is 76.9 Å². The Bertz CT molecular complexity index is 2710. The molecule has 0 bridgehead atoms. The Labute approximate surface area is 266 Å². The van der Waals surface area contributed by atoms with Gasteiger partial charge < -0.3 is 4.42 Å². The van der Waals surface area contributed by atoms with Crippen LogP contribution in [0.4, 0.5) is 0 Å². The molecular formula is C45H26O. The molecule has 11 rings (SSSR count). The smallest absolute Gasteiger partial charge is 0.136 e. The number of fused-ring (bicyclic) bond motifs is 14. The van der Waals surface area contributed by atoms with Crippen LogP contribution in [0.3, 0.4) is 0 Å². The molecule has 212 valence electrons. The lowest BCUT2D eigenvalue weighted by Gasteiger charge is -2.40. The molecular weight excluding hydrogens is 556 g/mol. The molecule has 2 aliphatic rings. The third kappa shape index (κ3) is 2.87. The van der Waals surface area contributed by atoms with Crippen molar-refractivity contribution in [1.29, 1.82) is 0 Å². The molecule has 0 saturated heterocycles. The maximum Gasteiger partial charge on any atom is 0.136 e. The summed E-state index contributed by atoms with van der Waals surface area (Å²) >= 11 is 0. The van der Waals surface area contributed by atoms with Gasteiger partial charge in [-0.25, -0.2) is 0 Å². The minimum Gasteiger partial charge on any atom is -0.456 e. The summed E-state index contributed by atoms with van der Waals surface area (Å²) in [5.41, 5.74) is 14.6. The summed E-state index contributed by atoms with van der Waals surface area (Å²) in [4.78, 5) is 0. The van der Waals surface area contributed by atoms with Crippen molar-refractivity contribution in [2.75, 3.05) is 0 Å². The fourth-order valence-electron chi connectivity index (χ4n) is 8.92. The van der Waals surface area contributed by atoms with E-state index in [0.29, 0.717) is 0 Å². The Morgan fingerprint density at radius 1 is 0.348 bits per heavy atom. The first-order chi connectivity index (χ1) is 22.8. The van der Waals surface area contributed by atoms with E-state index in [1.165, 1.54) is 82.6 Å². The van der Waals surface area contributed by atoms with Gasteiger partial charge in [-0.1, -0.05) is 140 Å². The summed E-state index contributed by atoms with van der Waals surface area (Å²) in [5.74, 6) is 0. The van der Waals surface area contributed by atoms with Crippen molar-refractivity contribution in [3.05, 3.63) is 180 Å². The predicted octanol–water partition coefficient (Wildman–Crippen LogP) is 11.9. The Morgan fingerprint density at radius 3 is 1.70 bits per heavy atom. The molecule has 0 unspecified atom stereocenters. The van der Waals surface area contributed by atoms with Crippen LogP contribution in [0.1, 0.15) is 22.3 Å². The second kappa shape index (κ2) is 8.62. The second-order valence-corrected chi connectivity index (χ2v) is 12.7. The van der Waals surface area contributed by atoms with E-state index in [9.17, 15) is 0 Å². The van der Waals surface area contributed by atoms with E-state index in [1.807, 2.05) is 0 Å². The highest BCUT2D eigenvalue weighted by atomic mass is 16.3. The number of hydrogen-bond donors (Lipinski definition) is 0. The van der Waals surface area contributed by atoms with E-state index < -0.39 is 5.41 Å². The van der Waals surface area contributed by atoms with Gasteiger partial charge in [-0.3, -0.25) is 0 Å². The molecule has 0 fully saturated rings. The van der Waals surface area contributed by atoms with Crippen molar-refractivity contribution in [1.82, 2.24) is 0 Å². The molecule has 9 aromatic rings. The maximum absolute atomic E-state index is 6.37. The van der Waals surface area contributed by atoms with E-state index in [0.717, 1.165) is 16.6 Å². The van der Waals surface area contributed by atoms with Crippen molar-refractivity contribution in [3.8, 4) is 33.4 Å². The van der Waals surface area contributed by atoms with Crippen molar-refractivity contribution in [2.45, 2.75) is 5.41 Å². The highest BCUT2D eigenvalue weighted by molar-refractivity contribution is 6.20. The quantitative estimate of drug-likeness (QED) is 0.188. The Kier molecular flexibility index (Phi) is 4.57. The first-order valence-corrected chi connectivity index (χ1v) is 16.0. The van der Waals surface area contributed by atoms with Crippen LogP contribution in [0.5, 0.6) is 0 Å². The molecule has 0 aliphatic heterocycles. The molecule has 0 atom stereocenters. The lowest BCUT2D eigenvalue weighted by molar-refractivity contribution is 0.669. The van der Waals surface area contributed by atoms with Gasteiger partial charge in [0.15, 0.2) is 0 Å². The van der Waals surface area contributed by atoms with Crippen molar-refractivity contribution in [3.63, 3.8) is 0 Å². The zero-order chi connectivity index (χ0) is 30.0. The summed E-state index contributed by atoms with van der Waals surface area (Å²) in [6.45, 7) is 0. The number of rotatable bonds is 1. The summed E-state index contributed by atoms with van der Waals surface area (Å²) in [7, 11) is 0. The lowest BCUT2D eigenvalue weighted by Crippen LogP contribution is -2.31. The van der Waals surface area contributed by atoms with Crippen LogP contribution >= 0.6 is 0 Å². The van der Waals surface area contributed by atoms with Crippen molar-refractivity contribution < 1.29 is 4.42 Å². The summed E-state index contributed by atoms with van der Waals surface area (Å²) in [6.07, 6.45) is 0. The summed E-state index contributed by atoms with van der Waals surface area (Å²) in [5, 5.41) is 7.42. The van der Waals surface area contributed by atoms with Gasteiger partial charge in [0.05, 0.1) is 5.41 Å². The van der Waals surface area contributed by atoms with Crippen LogP contribution in [0.15, 0.2) is 162 Å². The van der Waals surface area contributed by atoms with Gasteiger partial charge in [0.25, 0.3) is 0 Å². The van der Waals surface area contributed by atoms with Gasteiger partial charge in [-0.15, -0.1) is 0 Å². The maximum atomic E-state index is 6.37. The van der Waals surface area contributed by atoms with E-state index in [4.69, 9.17) is 4.42 Å². The van der Waals surface area contributed by atoms with Crippen LogP contribution in [-0.4, -0.2) is 0 Å². The van der Waals surface area contributed by atoms with Gasteiger partial charge in [0, 0.05) is 10.8 Å². The summed E-state index contributed by atoms with van der Waals surface area (Å²) < 4.78 is 6.37. The molecule has 0 radical (unpaired) electrons. The predicted molar refractivity (Wildman–Crippen MR) is 190 cm³/mol. The van der Waals surface area contributed by atoms with Gasteiger partial charge in [-0.05, 0) is 95.4 Å². The SMILES string of the molecule is c1ccc2c(c1)-c1ccccc1C21c2ccccc2-c2ccc(-c3ccc4oc5ccc6ccccc6c5c4c3)c3cccc1c23. The largest absolute Gasteiger partial charge is 0.456 e. The molecule has 1 heteroatoms. The zero-order valence-corrected chi connectivity index (χ0v) is 24.9. The normalized spacial score (nSPS) is 13.8. The van der Waals surface area contributed by atoms with Gasteiger partial charge in [-0.2, -0.15) is 0 Å². The third-order valence-electron chi connectivity index (χ3n) is 10.7. The molecule has 1 spiro atoms. The minimum absolute atomic E-state index is 0.390. The first-order valence-electron chi connectivity index (χ1n) is 16.0. The first kappa shape index (κ1) is 24.4. The van der Waals surface area contributed by atoms with E-state index in [2.05, 4.69) is 158 Å². The third-order valence-corrected chi connectivity index (χ3v) is 10.7. The second-order valence-electron chi connectivity index (χ2n) is 12.7. The fourth-order valence-corrected chi connectivity index (χ4v) is 8.92. The molecule has 1 nitrogen and oxygen atoms in total. The van der Waals surface area contributed by atoms with E-state index >= 15 is 0 Å². The van der Waals surface area contributed by atoms with Crippen molar-refractivity contribution in [2.24, 2.45) is 0 Å². The lowest BCUT2D eigenvalue weighted by atomic mass is 9.61. The standard InChI is InChI=1S/C45H26O/c1-2-11-30-27(10-1)20-25-42-44(30)36-26-28(21-24-41(36)46-42)29-22-23-35-33-14-5-8-18-39(33)45(40-19-9-15-34(29)43(35)40)37-16-6-3-12-31(37)32-13-4-7-17-38(32)45/h1-26H. The zero-order valence-electron chi connectivity index (χ0n) is 24.9. The van der Waals surface area contributed by atoms with Crippen LogP contribution in [-0.2, 0) is 5.41 Å². The average molecular weight is 583 g/mol. The fraction of sp³-hybridized carbons (Fsp3) is 0.0222.